The number of imidazole rings is 1. The minimum absolute atomic E-state index is 0.338. The van der Waals surface area contributed by atoms with Gasteiger partial charge in [0.25, 0.3) is 0 Å². The molecule has 3 heterocycles. The number of hydrogen-bond acceptors (Lipinski definition) is 10. The molecule has 3 aromatic heterocycles. The van der Waals surface area contributed by atoms with Crippen molar-refractivity contribution in [2.45, 2.75) is 48.2 Å². The fraction of sp³-hybridized carbons (Fsp3) is 0.355. The van der Waals surface area contributed by atoms with Crippen LogP contribution in [0.1, 0.15) is 41.7 Å². The summed E-state index contributed by atoms with van der Waals surface area (Å²) in [6.07, 6.45) is 6.60. The highest BCUT2D eigenvalue weighted by Gasteiger charge is 2.23. The van der Waals surface area contributed by atoms with Crippen molar-refractivity contribution in [3.8, 4) is 0 Å². The number of ether oxygens (including phenoxy) is 1. The molecule has 11 heteroatoms. The van der Waals surface area contributed by atoms with Gasteiger partial charge in [-0.25, -0.2) is 14.8 Å². The number of thiazole rings is 1. The molecule has 0 amide bonds. The number of anilines is 2. The molecule has 0 aliphatic heterocycles. The van der Waals surface area contributed by atoms with Gasteiger partial charge in [-0.2, -0.15) is 4.98 Å². The number of methoxy groups -OCH3 is 1. The highest BCUT2D eigenvalue weighted by atomic mass is 32.2. The summed E-state index contributed by atoms with van der Waals surface area (Å²) >= 11 is 3.14. The molecule has 2 aromatic carbocycles. The molecule has 0 bridgehead atoms. The SMILES string of the molecule is COC(=O)c1ccccc1Sc1nc2sccn2c1CNC1CCC(CNc2nc(N(C)C)c3ccccc3n2)CC1. The van der Waals surface area contributed by atoms with Crippen LogP contribution < -0.4 is 15.5 Å². The molecule has 5 aromatic rings. The van der Waals surface area contributed by atoms with Crippen LogP contribution in [0, 0.1) is 5.92 Å². The maximum atomic E-state index is 12.3. The second kappa shape index (κ2) is 12.7. The van der Waals surface area contributed by atoms with E-state index in [0.29, 0.717) is 30.0 Å². The van der Waals surface area contributed by atoms with E-state index in [-0.39, 0.29) is 5.97 Å². The molecule has 0 unspecified atom stereocenters. The number of benzene rings is 2. The molecule has 0 atom stereocenters. The summed E-state index contributed by atoms with van der Waals surface area (Å²) in [5.41, 5.74) is 2.63. The predicted molar refractivity (Wildman–Crippen MR) is 170 cm³/mol. The van der Waals surface area contributed by atoms with Gasteiger partial charge < -0.3 is 20.3 Å². The molecule has 1 saturated carbocycles. The highest BCUT2D eigenvalue weighted by molar-refractivity contribution is 7.99. The van der Waals surface area contributed by atoms with E-state index in [0.717, 1.165) is 69.5 Å². The minimum Gasteiger partial charge on any atom is -0.465 e. The van der Waals surface area contributed by atoms with E-state index in [9.17, 15) is 4.79 Å². The van der Waals surface area contributed by atoms with E-state index in [4.69, 9.17) is 19.7 Å². The maximum Gasteiger partial charge on any atom is 0.339 e. The second-order valence-corrected chi connectivity index (χ2v) is 12.7. The molecule has 6 rings (SSSR count). The first-order valence-electron chi connectivity index (χ1n) is 14.2. The van der Waals surface area contributed by atoms with E-state index in [1.165, 1.54) is 18.9 Å². The summed E-state index contributed by atoms with van der Waals surface area (Å²) in [7, 11) is 5.45. The van der Waals surface area contributed by atoms with Crippen LogP contribution in [0.25, 0.3) is 15.9 Å². The number of carbonyl (C=O) groups is 1. The van der Waals surface area contributed by atoms with Gasteiger partial charge in [0.1, 0.15) is 10.8 Å². The van der Waals surface area contributed by atoms with E-state index >= 15 is 0 Å². The molecule has 9 nitrogen and oxygen atoms in total. The zero-order chi connectivity index (χ0) is 29.1. The van der Waals surface area contributed by atoms with Crippen LogP contribution in [0.2, 0.25) is 0 Å². The molecule has 0 saturated heterocycles. The summed E-state index contributed by atoms with van der Waals surface area (Å²) in [5.74, 6) is 1.87. The Balaban J connectivity index is 1.07. The molecule has 42 heavy (non-hydrogen) atoms. The van der Waals surface area contributed by atoms with Gasteiger partial charge in [0.2, 0.25) is 5.95 Å². The number of esters is 1. The van der Waals surface area contributed by atoms with Crippen LogP contribution in [0.4, 0.5) is 11.8 Å². The highest BCUT2D eigenvalue weighted by Crippen LogP contribution is 2.35. The first kappa shape index (κ1) is 28.4. The predicted octanol–water partition coefficient (Wildman–Crippen LogP) is 6.10. The molecule has 0 radical (unpaired) electrons. The average molecular weight is 602 g/mol. The van der Waals surface area contributed by atoms with Gasteiger partial charge in [-0.3, -0.25) is 4.40 Å². The first-order chi connectivity index (χ1) is 20.5. The second-order valence-electron chi connectivity index (χ2n) is 10.8. The normalized spacial score (nSPS) is 17.0. The first-order valence-corrected chi connectivity index (χ1v) is 15.9. The lowest BCUT2D eigenvalue weighted by molar-refractivity contribution is 0.0597. The van der Waals surface area contributed by atoms with Crippen LogP contribution in [0.3, 0.4) is 0 Å². The maximum absolute atomic E-state index is 12.3. The van der Waals surface area contributed by atoms with Gasteiger partial charge in [0.15, 0.2) is 4.96 Å². The van der Waals surface area contributed by atoms with E-state index in [1.54, 1.807) is 17.4 Å². The summed E-state index contributed by atoms with van der Waals surface area (Å²) in [5, 5.41) is 11.4. The van der Waals surface area contributed by atoms with Gasteiger partial charge in [-0.1, -0.05) is 36.0 Å². The van der Waals surface area contributed by atoms with E-state index in [1.807, 2.05) is 55.4 Å². The van der Waals surface area contributed by atoms with Gasteiger partial charge in [0.05, 0.1) is 23.9 Å². The van der Waals surface area contributed by atoms with Crippen LogP contribution in [-0.4, -0.2) is 59.1 Å². The number of para-hydroxylation sites is 1. The van der Waals surface area contributed by atoms with Gasteiger partial charge in [-0.05, 0) is 55.9 Å². The number of carbonyl (C=O) groups excluding carboxylic acids is 1. The third-order valence-electron chi connectivity index (χ3n) is 7.78. The lowest BCUT2D eigenvalue weighted by atomic mass is 9.86. The Bertz CT molecular complexity index is 1690. The standard InChI is InChI=1S/C31H35N7O2S2/c1-37(2)27-22-8-4-6-10-24(22)34-30(35-27)33-18-20-12-14-21(15-13-20)32-19-25-28(36-31-38(25)16-17-41-31)42-26-11-7-5-9-23(26)29(39)40-3/h4-11,16-17,20-21,32H,12-15,18-19H2,1-3H3,(H,33,34,35). The Hall–Kier alpha value is -3.67. The van der Waals surface area contributed by atoms with Gasteiger partial charge >= 0.3 is 5.97 Å². The number of rotatable bonds is 10. The van der Waals surface area contributed by atoms with Crippen molar-refractivity contribution in [1.29, 1.82) is 0 Å². The quantitative estimate of drug-likeness (QED) is 0.184. The summed E-state index contributed by atoms with van der Waals surface area (Å²) in [6.45, 7) is 1.59. The molecule has 1 aliphatic rings. The summed E-state index contributed by atoms with van der Waals surface area (Å²) in [4.78, 5) is 30.6. The Morgan fingerprint density at radius 1 is 1.07 bits per heavy atom. The topological polar surface area (TPSA) is 96.7 Å². The number of aromatic nitrogens is 4. The monoisotopic (exact) mass is 601 g/mol. The molecule has 1 aliphatic carbocycles. The number of nitrogens with zero attached hydrogens (tertiary/aromatic N) is 5. The smallest absolute Gasteiger partial charge is 0.339 e. The Morgan fingerprint density at radius 3 is 2.67 bits per heavy atom. The molecular weight excluding hydrogens is 567 g/mol. The van der Waals surface area contributed by atoms with Crippen molar-refractivity contribution < 1.29 is 9.53 Å². The third-order valence-corrected chi connectivity index (χ3v) is 9.64. The van der Waals surface area contributed by atoms with Gasteiger partial charge in [0, 0.05) is 55.1 Å². The minimum atomic E-state index is -0.338. The Kier molecular flexibility index (Phi) is 8.59. The Morgan fingerprint density at radius 2 is 1.86 bits per heavy atom. The zero-order valence-electron chi connectivity index (χ0n) is 24.0. The average Bonchev–Trinajstić information content (AvgIpc) is 3.60. The van der Waals surface area contributed by atoms with Crippen LogP contribution in [-0.2, 0) is 11.3 Å². The molecule has 218 valence electrons. The lowest BCUT2D eigenvalue weighted by Gasteiger charge is -2.29. The van der Waals surface area contributed by atoms with Crippen LogP contribution >= 0.6 is 23.1 Å². The molecule has 0 spiro atoms. The van der Waals surface area contributed by atoms with Crippen molar-refractivity contribution in [3.05, 3.63) is 71.4 Å². The zero-order valence-corrected chi connectivity index (χ0v) is 25.7. The van der Waals surface area contributed by atoms with Crippen molar-refractivity contribution in [2.75, 3.05) is 38.0 Å². The fourth-order valence-electron chi connectivity index (χ4n) is 5.52. The Labute approximate surface area is 253 Å². The van der Waals surface area contributed by atoms with Crippen LogP contribution in [0.15, 0.2) is 70.0 Å². The third kappa shape index (κ3) is 6.08. The number of nitrogens with one attached hydrogen (secondary N) is 2. The van der Waals surface area contributed by atoms with Crippen molar-refractivity contribution in [1.82, 2.24) is 24.7 Å². The van der Waals surface area contributed by atoms with E-state index < -0.39 is 0 Å². The number of fused-ring (bicyclic) bond motifs is 2. The fourth-order valence-corrected chi connectivity index (χ4v) is 7.35. The van der Waals surface area contributed by atoms with Gasteiger partial charge in [-0.15, -0.1) is 11.3 Å². The summed E-state index contributed by atoms with van der Waals surface area (Å²) in [6, 6.07) is 16.1. The van der Waals surface area contributed by atoms with Crippen molar-refractivity contribution in [3.63, 3.8) is 0 Å². The van der Waals surface area contributed by atoms with E-state index in [2.05, 4.69) is 32.7 Å². The summed E-state index contributed by atoms with van der Waals surface area (Å²) < 4.78 is 7.15. The largest absolute Gasteiger partial charge is 0.465 e. The van der Waals surface area contributed by atoms with Crippen molar-refractivity contribution >= 4 is 56.7 Å². The molecule has 1 fully saturated rings. The van der Waals surface area contributed by atoms with Crippen LogP contribution in [0.5, 0.6) is 0 Å². The van der Waals surface area contributed by atoms with Crippen molar-refractivity contribution in [2.24, 2.45) is 5.92 Å². The lowest BCUT2D eigenvalue weighted by Crippen LogP contribution is -2.34. The number of hydrogen-bond donors (Lipinski definition) is 2. The molecule has 2 N–H and O–H groups in total. The molecular formula is C31H35N7O2S2.